The second-order valence-electron chi connectivity index (χ2n) is 2.03. The van der Waals surface area contributed by atoms with E-state index < -0.39 is 10.8 Å². The molecule has 4 heteroatoms. The maximum Gasteiger partial charge on any atom is 0.0696 e. The second kappa shape index (κ2) is 10.2. The second-order valence-corrected chi connectivity index (χ2v) is 5.78. The van der Waals surface area contributed by atoms with Crippen LogP contribution < -0.4 is 0 Å². The van der Waals surface area contributed by atoms with E-state index in [-0.39, 0.29) is 0 Å². The molecule has 1 unspecified atom stereocenters. The third-order valence-corrected chi connectivity index (χ3v) is 4.12. The number of rotatable bonds is 7. The molecule has 0 heterocycles. The summed E-state index contributed by atoms with van der Waals surface area (Å²) in [5.41, 5.74) is 0. The Morgan fingerprint density at radius 1 is 1.31 bits per heavy atom. The average Bonchev–Trinajstić information content (AvgIpc) is 2.11. The Morgan fingerprint density at radius 3 is 2.62 bits per heavy atom. The third kappa shape index (κ3) is 9.99. The maximum atomic E-state index is 11.0. The van der Waals surface area contributed by atoms with E-state index in [4.69, 9.17) is 0 Å². The Hall–Kier alpha value is 0.0700. The Balaban J connectivity index is 3.40. The van der Waals surface area contributed by atoms with E-state index in [0.717, 1.165) is 11.5 Å². The van der Waals surface area contributed by atoms with Crippen LogP contribution in [0.25, 0.3) is 0 Å². The molecule has 0 spiro atoms. The van der Waals surface area contributed by atoms with Crippen LogP contribution in [0.3, 0.4) is 0 Å². The summed E-state index contributed by atoms with van der Waals surface area (Å²) >= 11 is 0. The fourth-order valence-electron chi connectivity index (χ4n) is 0.497. The van der Waals surface area contributed by atoms with E-state index in [1.165, 1.54) is 0 Å². The Morgan fingerprint density at radius 2 is 2.00 bits per heavy atom. The van der Waals surface area contributed by atoms with E-state index in [9.17, 15) is 4.21 Å². The van der Waals surface area contributed by atoms with Crippen LogP contribution in [0.1, 0.15) is 6.92 Å². The zero-order valence-corrected chi connectivity index (χ0v) is 10.1. The van der Waals surface area contributed by atoms with Crippen molar-refractivity contribution in [1.82, 2.24) is 0 Å². The van der Waals surface area contributed by atoms with Crippen molar-refractivity contribution in [3.8, 4) is 0 Å². The van der Waals surface area contributed by atoms with Crippen LogP contribution in [0.4, 0.5) is 0 Å². The highest BCUT2D eigenvalue weighted by atomic mass is 33.1. The van der Waals surface area contributed by atoms with Gasteiger partial charge in [-0.15, -0.1) is 6.58 Å². The smallest absolute Gasteiger partial charge is 0.0696 e. The molecule has 13 heavy (non-hydrogen) atoms. The lowest BCUT2D eigenvalue weighted by molar-refractivity contribution is 0.693. The van der Waals surface area contributed by atoms with Crippen LogP contribution in [-0.2, 0) is 10.8 Å². The molecule has 1 atom stereocenters. The highest BCUT2D eigenvalue weighted by Crippen LogP contribution is 2.20. The molecule has 74 valence electrons. The molecule has 0 bridgehead atoms. The van der Waals surface area contributed by atoms with Crippen molar-refractivity contribution in [2.45, 2.75) is 6.92 Å². The van der Waals surface area contributed by atoms with Crippen molar-refractivity contribution in [2.24, 2.45) is 0 Å². The minimum Gasteiger partial charge on any atom is -0.250 e. The van der Waals surface area contributed by atoms with Gasteiger partial charge in [-0.3, -0.25) is 4.21 Å². The van der Waals surface area contributed by atoms with Gasteiger partial charge >= 0.3 is 0 Å². The van der Waals surface area contributed by atoms with Crippen molar-refractivity contribution >= 4 is 32.4 Å². The molecule has 0 fully saturated rings. The summed E-state index contributed by atoms with van der Waals surface area (Å²) in [6, 6.07) is 0. The van der Waals surface area contributed by atoms with Gasteiger partial charge < -0.3 is 0 Å². The first-order valence-electron chi connectivity index (χ1n) is 3.85. The van der Waals surface area contributed by atoms with Gasteiger partial charge in [-0.05, 0) is 6.92 Å². The molecule has 0 aromatic heterocycles. The zero-order valence-electron chi connectivity index (χ0n) is 7.64. The van der Waals surface area contributed by atoms with Gasteiger partial charge in [0, 0.05) is 22.3 Å². The van der Waals surface area contributed by atoms with Gasteiger partial charge in [0.15, 0.2) is 0 Å². The molecule has 1 nitrogen and oxygen atoms in total. The summed E-state index contributed by atoms with van der Waals surface area (Å²) in [6.07, 6.45) is 5.59. The van der Waals surface area contributed by atoms with Crippen molar-refractivity contribution in [3.05, 3.63) is 35.6 Å². The van der Waals surface area contributed by atoms with Gasteiger partial charge in [0.05, 0.1) is 10.8 Å². The van der Waals surface area contributed by atoms with Crippen LogP contribution in [0.2, 0.25) is 0 Å². The molecule has 0 amide bonds. The molecule has 0 N–H and O–H groups in total. The standard InChI is InChI=1S/C9H14OS3/c1-3-6-11-12-7-5-9-13(10)8-4-2/h3-5,8-9H,1,6-7H2,2H3. The summed E-state index contributed by atoms with van der Waals surface area (Å²) < 4.78 is 11.0. The molecule has 0 aromatic carbocycles. The normalized spacial score (nSPS) is 13.9. The van der Waals surface area contributed by atoms with Crippen LogP contribution in [0, 0.1) is 0 Å². The maximum absolute atomic E-state index is 11.0. The third-order valence-electron chi connectivity index (χ3n) is 0.934. The van der Waals surface area contributed by atoms with Crippen molar-refractivity contribution in [1.29, 1.82) is 0 Å². The minimum atomic E-state index is -0.931. The quantitative estimate of drug-likeness (QED) is 0.382. The van der Waals surface area contributed by atoms with Gasteiger partial charge in [-0.25, -0.2) is 0 Å². The number of hydrogen-bond donors (Lipinski definition) is 0. The van der Waals surface area contributed by atoms with Crippen LogP contribution in [-0.4, -0.2) is 15.7 Å². The molecular formula is C9H14OS3. The van der Waals surface area contributed by atoms with E-state index in [1.54, 1.807) is 38.5 Å². The predicted molar refractivity (Wildman–Crippen MR) is 67.2 cm³/mol. The monoisotopic (exact) mass is 234 g/mol. The van der Waals surface area contributed by atoms with E-state index in [0.29, 0.717) is 0 Å². The first-order chi connectivity index (χ1) is 6.31. The molecule has 0 aliphatic carbocycles. The Kier molecular flexibility index (Phi) is 10.2. The van der Waals surface area contributed by atoms with Gasteiger partial charge in [-0.2, -0.15) is 0 Å². The SMILES string of the molecule is C=CCSSCC=CS(=O)C=CC. The fourth-order valence-corrected chi connectivity index (χ4v) is 2.83. The van der Waals surface area contributed by atoms with Crippen LogP contribution in [0.15, 0.2) is 35.6 Å². The largest absolute Gasteiger partial charge is 0.250 e. The lowest BCUT2D eigenvalue weighted by atomic mass is 10.8. The molecule has 0 aromatic rings. The topological polar surface area (TPSA) is 17.1 Å². The van der Waals surface area contributed by atoms with Crippen LogP contribution >= 0.6 is 21.6 Å². The first-order valence-corrected chi connectivity index (χ1v) is 7.62. The Bertz CT molecular complexity index is 209. The molecule has 0 rings (SSSR count). The van der Waals surface area contributed by atoms with Crippen molar-refractivity contribution < 1.29 is 4.21 Å². The van der Waals surface area contributed by atoms with Crippen molar-refractivity contribution in [2.75, 3.05) is 11.5 Å². The van der Waals surface area contributed by atoms with E-state index in [1.807, 2.05) is 19.1 Å². The van der Waals surface area contributed by atoms with Gasteiger partial charge in [0.1, 0.15) is 0 Å². The number of hydrogen-bond acceptors (Lipinski definition) is 3. The van der Waals surface area contributed by atoms with E-state index >= 15 is 0 Å². The predicted octanol–water partition coefficient (Wildman–Crippen LogP) is 3.35. The summed E-state index contributed by atoms with van der Waals surface area (Å²) in [7, 11) is 2.56. The van der Waals surface area contributed by atoms with Gasteiger partial charge in [0.25, 0.3) is 0 Å². The highest BCUT2D eigenvalue weighted by molar-refractivity contribution is 8.76. The fraction of sp³-hybridized carbons (Fsp3) is 0.333. The highest BCUT2D eigenvalue weighted by Gasteiger charge is 1.85. The summed E-state index contributed by atoms with van der Waals surface area (Å²) in [4.78, 5) is 0. The Labute approximate surface area is 90.6 Å². The van der Waals surface area contributed by atoms with Crippen molar-refractivity contribution in [3.63, 3.8) is 0 Å². The summed E-state index contributed by atoms with van der Waals surface area (Å²) in [5, 5.41) is 3.37. The molecule has 0 aliphatic rings. The average molecular weight is 234 g/mol. The molecule has 0 saturated carbocycles. The van der Waals surface area contributed by atoms with E-state index in [2.05, 4.69) is 6.58 Å². The lowest BCUT2D eigenvalue weighted by Gasteiger charge is -1.91. The molecule has 0 aliphatic heterocycles. The van der Waals surface area contributed by atoms with Gasteiger partial charge in [0.2, 0.25) is 0 Å². The molecular weight excluding hydrogens is 220 g/mol. The summed E-state index contributed by atoms with van der Waals surface area (Å²) in [5.74, 6) is 1.85. The van der Waals surface area contributed by atoms with Gasteiger partial charge in [-0.1, -0.05) is 39.8 Å². The van der Waals surface area contributed by atoms with Crippen LogP contribution in [0.5, 0.6) is 0 Å². The lowest BCUT2D eigenvalue weighted by Crippen LogP contribution is -1.75. The zero-order chi connectivity index (χ0) is 9.94. The first kappa shape index (κ1) is 13.1. The summed E-state index contributed by atoms with van der Waals surface area (Å²) in [6.45, 7) is 5.48. The molecule has 0 saturated heterocycles. The number of allylic oxidation sites excluding steroid dienone is 1. The minimum absolute atomic E-state index is 0.891. The molecule has 0 radical (unpaired) electrons.